The van der Waals surface area contributed by atoms with Crippen molar-refractivity contribution in [3.05, 3.63) is 52.5 Å². The normalized spacial score (nSPS) is 12.0. The molecule has 1 unspecified atom stereocenters. The average molecular weight is 379 g/mol. The summed E-state index contributed by atoms with van der Waals surface area (Å²) in [4.78, 5) is 24.6. The maximum atomic E-state index is 12.4. The van der Waals surface area contributed by atoms with E-state index in [4.69, 9.17) is 0 Å². The van der Waals surface area contributed by atoms with E-state index in [9.17, 15) is 10.1 Å². The van der Waals surface area contributed by atoms with Crippen LogP contribution in [-0.2, 0) is 4.79 Å². The second-order valence-corrected chi connectivity index (χ2v) is 7.42. The molecule has 1 aromatic carbocycles. The van der Waals surface area contributed by atoms with Gasteiger partial charge in [0, 0.05) is 5.69 Å². The molecule has 6 nitrogen and oxygen atoms in total. The van der Waals surface area contributed by atoms with Crippen LogP contribution in [0.3, 0.4) is 0 Å². The number of benzene rings is 1. The van der Waals surface area contributed by atoms with E-state index in [1.54, 1.807) is 0 Å². The number of imidazole rings is 1. The van der Waals surface area contributed by atoms with Gasteiger partial charge in [-0.1, -0.05) is 23.9 Å². The number of aryl methyl sites for hydroxylation is 1. The summed E-state index contributed by atoms with van der Waals surface area (Å²) in [5.41, 5.74) is 5.17. The molecule has 0 aliphatic rings. The van der Waals surface area contributed by atoms with Gasteiger partial charge in [-0.25, -0.2) is 9.97 Å². The third-order valence-electron chi connectivity index (χ3n) is 4.61. The van der Waals surface area contributed by atoms with Crippen molar-refractivity contribution in [3.63, 3.8) is 0 Å². The number of aromatic amines is 1. The highest BCUT2D eigenvalue weighted by atomic mass is 32.2. The Balaban J connectivity index is 1.67. The number of hydrogen-bond donors (Lipinski definition) is 2. The number of amides is 1. The minimum Gasteiger partial charge on any atom is -0.346 e. The molecular formula is C20H21N5OS. The second-order valence-electron chi connectivity index (χ2n) is 6.46. The SMILES string of the molecule is Cc1nc(SCC(=O)NC(C)c2nc3ccccc3[nH]2)c(C#N)c(C)c1C. The van der Waals surface area contributed by atoms with Crippen molar-refractivity contribution >= 4 is 28.7 Å². The van der Waals surface area contributed by atoms with E-state index in [1.165, 1.54) is 11.8 Å². The van der Waals surface area contributed by atoms with Gasteiger partial charge in [0.25, 0.3) is 0 Å². The number of thioether (sulfide) groups is 1. The smallest absolute Gasteiger partial charge is 0.230 e. The quantitative estimate of drug-likeness (QED) is 0.659. The lowest BCUT2D eigenvalue weighted by Gasteiger charge is -2.13. The molecule has 2 N–H and O–H groups in total. The number of pyridine rings is 1. The number of nitrogens with one attached hydrogen (secondary N) is 2. The first-order chi connectivity index (χ1) is 12.9. The predicted octanol–water partition coefficient (Wildman–Crippen LogP) is 3.72. The number of carbonyl (C=O) groups is 1. The van der Waals surface area contributed by atoms with E-state index in [2.05, 4.69) is 26.3 Å². The van der Waals surface area contributed by atoms with Crippen molar-refractivity contribution in [1.29, 1.82) is 5.26 Å². The van der Waals surface area contributed by atoms with Crippen molar-refractivity contribution in [2.24, 2.45) is 0 Å². The molecular weight excluding hydrogens is 358 g/mol. The molecule has 3 aromatic rings. The average Bonchev–Trinajstić information content (AvgIpc) is 3.09. The number of rotatable bonds is 5. The fourth-order valence-corrected chi connectivity index (χ4v) is 3.71. The minimum atomic E-state index is -0.240. The van der Waals surface area contributed by atoms with Crippen LogP contribution in [0.5, 0.6) is 0 Å². The summed E-state index contributed by atoms with van der Waals surface area (Å²) in [6.07, 6.45) is 0. The lowest BCUT2D eigenvalue weighted by molar-refractivity contribution is -0.119. The van der Waals surface area contributed by atoms with Gasteiger partial charge in [0.05, 0.1) is 28.4 Å². The van der Waals surface area contributed by atoms with Crippen molar-refractivity contribution in [2.45, 2.75) is 38.8 Å². The van der Waals surface area contributed by atoms with Crippen molar-refractivity contribution in [1.82, 2.24) is 20.3 Å². The summed E-state index contributed by atoms with van der Waals surface area (Å²) in [6.45, 7) is 7.67. The summed E-state index contributed by atoms with van der Waals surface area (Å²) < 4.78 is 0. The Morgan fingerprint density at radius 3 is 2.70 bits per heavy atom. The van der Waals surface area contributed by atoms with Crippen LogP contribution in [0.15, 0.2) is 29.3 Å². The van der Waals surface area contributed by atoms with E-state index >= 15 is 0 Å². The lowest BCUT2D eigenvalue weighted by Crippen LogP contribution is -2.28. The molecule has 0 aliphatic carbocycles. The van der Waals surface area contributed by atoms with Gasteiger partial charge in [0.1, 0.15) is 16.9 Å². The zero-order valence-corrected chi connectivity index (χ0v) is 16.6. The Bertz CT molecular complexity index is 1020. The maximum Gasteiger partial charge on any atom is 0.230 e. The van der Waals surface area contributed by atoms with Gasteiger partial charge < -0.3 is 10.3 Å². The molecule has 0 saturated heterocycles. The zero-order chi connectivity index (χ0) is 19.6. The molecule has 27 heavy (non-hydrogen) atoms. The van der Waals surface area contributed by atoms with Gasteiger partial charge in [-0.15, -0.1) is 0 Å². The zero-order valence-electron chi connectivity index (χ0n) is 15.8. The second kappa shape index (κ2) is 7.80. The van der Waals surface area contributed by atoms with Crippen LogP contribution < -0.4 is 5.32 Å². The molecule has 0 bridgehead atoms. The van der Waals surface area contributed by atoms with Crippen LogP contribution >= 0.6 is 11.8 Å². The monoisotopic (exact) mass is 379 g/mol. The summed E-state index contributed by atoms with van der Waals surface area (Å²) in [5, 5.41) is 13.0. The molecule has 2 heterocycles. The molecule has 1 amide bonds. The number of carbonyl (C=O) groups excluding carboxylic acids is 1. The number of fused-ring (bicyclic) bond motifs is 1. The molecule has 0 spiro atoms. The molecule has 0 aliphatic heterocycles. The number of nitriles is 1. The fraction of sp³-hybridized carbons (Fsp3) is 0.300. The van der Waals surface area contributed by atoms with Crippen LogP contribution in [-0.4, -0.2) is 26.6 Å². The Morgan fingerprint density at radius 1 is 1.26 bits per heavy atom. The van der Waals surface area contributed by atoms with Crippen LogP contribution in [0.25, 0.3) is 11.0 Å². The van der Waals surface area contributed by atoms with E-state index in [0.717, 1.165) is 27.9 Å². The number of para-hydroxylation sites is 2. The molecule has 0 radical (unpaired) electrons. The summed E-state index contributed by atoms with van der Waals surface area (Å²) in [7, 11) is 0. The van der Waals surface area contributed by atoms with Crippen molar-refractivity contribution in [2.75, 3.05) is 5.75 Å². The highest BCUT2D eigenvalue weighted by molar-refractivity contribution is 8.00. The molecule has 2 aromatic heterocycles. The Labute approximate surface area is 162 Å². The molecule has 1 atom stereocenters. The van der Waals surface area contributed by atoms with Crippen molar-refractivity contribution < 1.29 is 4.79 Å². The number of hydrogen-bond acceptors (Lipinski definition) is 5. The molecule has 7 heteroatoms. The highest BCUT2D eigenvalue weighted by Gasteiger charge is 2.17. The van der Waals surface area contributed by atoms with Crippen LogP contribution in [0.1, 0.15) is 41.2 Å². The van der Waals surface area contributed by atoms with Gasteiger partial charge in [0.2, 0.25) is 5.91 Å². The van der Waals surface area contributed by atoms with E-state index in [1.807, 2.05) is 52.0 Å². The standard InChI is InChI=1S/C20H21N5OS/c1-11-12(2)15(9-21)20(23-13(11)3)27-10-18(26)22-14(4)19-24-16-7-5-6-8-17(16)25-19/h5-8,14H,10H2,1-4H3,(H,22,26)(H,24,25). The Morgan fingerprint density at radius 2 is 2.00 bits per heavy atom. The molecule has 0 saturated carbocycles. The van der Waals surface area contributed by atoms with Gasteiger partial charge in [-0.3, -0.25) is 4.79 Å². The topological polar surface area (TPSA) is 94.5 Å². The van der Waals surface area contributed by atoms with E-state index < -0.39 is 0 Å². The molecule has 3 rings (SSSR count). The molecule has 0 fully saturated rings. The first-order valence-corrected chi connectivity index (χ1v) is 9.64. The number of H-pyrrole nitrogens is 1. The lowest BCUT2D eigenvalue weighted by atomic mass is 10.1. The first-order valence-electron chi connectivity index (χ1n) is 8.65. The van der Waals surface area contributed by atoms with Crippen LogP contribution in [0.2, 0.25) is 0 Å². The summed E-state index contributed by atoms with van der Waals surface area (Å²) >= 11 is 1.28. The van der Waals surface area contributed by atoms with Crippen LogP contribution in [0.4, 0.5) is 0 Å². The third-order valence-corrected chi connectivity index (χ3v) is 5.59. The van der Waals surface area contributed by atoms with Gasteiger partial charge >= 0.3 is 0 Å². The third kappa shape index (κ3) is 3.96. The molecule has 138 valence electrons. The fourth-order valence-electron chi connectivity index (χ4n) is 2.81. The van der Waals surface area contributed by atoms with Crippen LogP contribution in [0, 0.1) is 32.1 Å². The first kappa shape index (κ1) is 18.9. The Kier molecular flexibility index (Phi) is 5.47. The van der Waals surface area contributed by atoms with Crippen molar-refractivity contribution in [3.8, 4) is 6.07 Å². The minimum absolute atomic E-state index is 0.130. The van der Waals surface area contributed by atoms with Gasteiger partial charge in [-0.05, 0) is 51.0 Å². The van der Waals surface area contributed by atoms with E-state index in [0.29, 0.717) is 16.4 Å². The number of nitrogens with zero attached hydrogens (tertiary/aromatic N) is 3. The summed E-state index contributed by atoms with van der Waals surface area (Å²) in [6, 6.07) is 9.71. The summed E-state index contributed by atoms with van der Waals surface area (Å²) in [5.74, 6) is 0.774. The largest absolute Gasteiger partial charge is 0.346 e. The van der Waals surface area contributed by atoms with Gasteiger partial charge in [-0.2, -0.15) is 5.26 Å². The van der Waals surface area contributed by atoms with E-state index in [-0.39, 0.29) is 17.7 Å². The van der Waals surface area contributed by atoms with Gasteiger partial charge in [0.15, 0.2) is 0 Å². The maximum absolute atomic E-state index is 12.4. The Hall–Kier alpha value is -2.85. The number of aromatic nitrogens is 3. The predicted molar refractivity (Wildman–Crippen MR) is 107 cm³/mol. The highest BCUT2D eigenvalue weighted by Crippen LogP contribution is 2.26.